The normalized spacial score (nSPS) is 10.3. The summed E-state index contributed by atoms with van der Waals surface area (Å²) >= 11 is 5.53. The van der Waals surface area contributed by atoms with Gasteiger partial charge in [-0.3, -0.25) is 9.36 Å². The molecule has 0 fully saturated rings. The molecule has 0 amide bonds. The molecule has 3 nitrogen and oxygen atoms in total. The van der Waals surface area contributed by atoms with Crippen molar-refractivity contribution in [3.8, 4) is 0 Å². The van der Waals surface area contributed by atoms with Crippen molar-refractivity contribution in [2.45, 2.75) is 26.3 Å². The first-order chi connectivity index (χ1) is 6.24. The average Bonchev–Trinajstić information content (AvgIpc) is 2.09. The lowest BCUT2D eigenvalue weighted by Gasteiger charge is -2.03. The minimum Gasteiger partial charge on any atom is -0.299 e. The van der Waals surface area contributed by atoms with E-state index >= 15 is 0 Å². The van der Waals surface area contributed by atoms with E-state index in [1.165, 1.54) is 0 Å². The van der Waals surface area contributed by atoms with Gasteiger partial charge in [-0.1, -0.05) is 0 Å². The number of hydrogen-bond acceptors (Lipinski definition) is 2. The minimum absolute atomic E-state index is 0.0158. The molecule has 0 spiro atoms. The highest BCUT2D eigenvalue weighted by Crippen LogP contribution is 1.94. The summed E-state index contributed by atoms with van der Waals surface area (Å²) in [5.74, 6) is 0.647. The van der Waals surface area contributed by atoms with Gasteiger partial charge < -0.3 is 0 Å². The molecular formula is C9H13ClN2O. The molecule has 0 aliphatic rings. The lowest BCUT2D eigenvalue weighted by molar-refractivity contribution is 0.602. The molecule has 13 heavy (non-hydrogen) atoms. The number of hydrogen-bond donors (Lipinski definition) is 0. The van der Waals surface area contributed by atoms with Gasteiger partial charge in [0.1, 0.15) is 0 Å². The number of alkyl halides is 1. The molecule has 0 bridgehead atoms. The third-order valence-electron chi connectivity index (χ3n) is 1.80. The predicted molar refractivity (Wildman–Crippen MR) is 53.2 cm³/mol. The molecule has 0 saturated heterocycles. The largest absolute Gasteiger partial charge is 0.299 e. The minimum atomic E-state index is 0.0158. The van der Waals surface area contributed by atoms with Crippen LogP contribution in [0.5, 0.6) is 0 Å². The van der Waals surface area contributed by atoms with Crippen molar-refractivity contribution in [3.63, 3.8) is 0 Å². The lowest BCUT2D eigenvalue weighted by atomic mass is 10.3. The first kappa shape index (κ1) is 10.3. The monoisotopic (exact) mass is 200 g/mol. The maximum atomic E-state index is 11.3. The summed E-state index contributed by atoms with van der Waals surface area (Å²) in [5, 5.41) is 0. The number of unbranched alkanes of at least 4 members (excludes halogenated alkanes) is 1. The van der Waals surface area contributed by atoms with Crippen molar-refractivity contribution in [1.82, 2.24) is 9.55 Å². The quantitative estimate of drug-likeness (QED) is 0.546. The summed E-state index contributed by atoms with van der Waals surface area (Å²) in [6, 6.07) is 1.54. The topological polar surface area (TPSA) is 34.9 Å². The maximum Gasteiger partial charge on any atom is 0.253 e. The van der Waals surface area contributed by atoms with Crippen LogP contribution < -0.4 is 5.56 Å². The molecule has 1 heterocycles. The summed E-state index contributed by atoms with van der Waals surface area (Å²) in [6.45, 7) is 2.52. The molecule has 0 aliphatic heterocycles. The van der Waals surface area contributed by atoms with E-state index in [-0.39, 0.29) is 5.56 Å². The van der Waals surface area contributed by atoms with E-state index in [0.29, 0.717) is 12.4 Å². The van der Waals surface area contributed by atoms with Gasteiger partial charge in [-0.05, 0) is 19.8 Å². The highest BCUT2D eigenvalue weighted by Gasteiger charge is 1.95. The molecule has 0 aliphatic carbocycles. The maximum absolute atomic E-state index is 11.3. The second-order valence-corrected chi connectivity index (χ2v) is 3.34. The van der Waals surface area contributed by atoms with Crippen LogP contribution in [0.4, 0.5) is 0 Å². The summed E-state index contributed by atoms with van der Waals surface area (Å²) in [7, 11) is 0. The van der Waals surface area contributed by atoms with Crippen LogP contribution in [0.2, 0.25) is 0 Å². The molecule has 0 atom stereocenters. The van der Waals surface area contributed by atoms with Crippen molar-refractivity contribution in [2.75, 3.05) is 5.88 Å². The third kappa shape index (κ3) is 3.19. The van der Waals surface area contributed by atoms with Crippen LogP contribution in [0.1, 0.15) is 18.5 Å². The van der Waals surface area contributed by atoms with E-state index in [1.54, 1.807) is 17.0 Å². The van der Waals surface area contributed by atoms with Crippen LogP contribution in [0, 0.1) is 6.92 Å². The van der Waals surface area contributed by atoms with Gasteiger partial charge in [0, 0.05) is 24.2 Å². The predicted octanol–water partition coefficient (Wildman–Crippen LogP) is 1.57. The van der Waals surface area contributed by atoms with E-state index in [2.05, 4.69) is 4.98 Å². The summed E-state index contributed by atoms with van der Waals surface area (Å²) in [4.78, 5) is 15.4. The van der Waals surface area contributed by atoms with E-state index < -0.39 is 0 Å². The van der Waals surface area contributed by atoms with Crippen molar-refractivity contribution in [1.29, 1.82) is 0 Å². The second kappa shape index (κ2) is 5.02. The highest BCUT2D eigenvalue weighted by atomic mass is 35.5. The summed E-state index contributed by atoms with van der Waals surface area (Å²) in [5.41, 5.74) is 0.778. The molecule has 0 radical (unpaired) electrons. The van der Waals surface area contributed by atoms with Gasteiger partial charge in [-0.15, -0.1) is 11.6 Å². The van der Waals surface area contributed by atoms with Gasteiger partial charge in [0.2, 0.25) is 0 Å². The Labute approximate surface area is 82.4 Å². The zero-order valence-electron chi connectivity index (χ0n) is 7.66. The molecule has 4 heteroatoms. The molecule has 0 aromatic carbocycles. The van der Waals surface area contributed by atoms with E-state index in [9.17, 15) is 4.79 Å². The van der Waals surface area contributed by atoms with E-state index in [1.807, 2.05) is 6.92 Å². The van der Waals surface area contributed by atoms with Crippen molar-refractivity contribution < 1.29 is 0 Å². The van der Waals surface area contributed by atoms with Gasteiger partial charge >= 0.3 is 0 Å². The number of aryl methyl sites for hydroxylation is 2. The third-order valence-corrected chi connectivity index (χ3v) is 2.07. The van der Waals surface area contributed by atoms with E-state index in [0.717, 1.165) is 18.5 Å². The summed E-state index contributed by atoms with van der Waals surface area (Å²) in [6.07, 6.45) is 3.45. The molecule has 0 unspecified atom stereocenters. The Bertz CT molecular complexity index is 322. The molecular weight excluding hydrogens is 188 g/mol. The van der Waals surface area contributed by atoms with Gasteiger partial charge in [-0.2, -0.15) is 0 Å². The number of halogens is 1. The SMILES string of the molecule is Cc1cc(=O)n(CCCCCl)cn1. The Morgan fingerprint density at radius 3 is 2.92 bits per heavy atom. The van der Waals surface area contributed by atoms with Crippen LogP contribution in [-0.2, 0) is 6.54 Å². The van der Waals surface area contributed by atoms with Crippen molar-refractivity contribution in [2.24, 2.45) is 0 Å². The molecule has 1 aromatic rings. The summed E-state index contributed by atoms with van der Waals surface area (Å²) < 4.78 is 1.61. The van der Waals surface area contributed by atoms with E-state index in [4.69, 9.17) is 11.6 Å². The number of nitrogens with zero attached hydrogens (tertiary/aromatic N) is 2. The van der Waals surface area contributed by atoms with Crippen molar-refractivity contribution >= 4 is 11.6 Å². The zero-order chi connectivity index (χ0) is 9.68. The first-order valence-electron chi connectivity index (χ1n) is 4.33. The molecule has 72 valence electrons. The van der Waals surface area contributed by atoms with Crippen molar-refractivity contribution in [3.05, 3.63) is 28.4 Å². The Balaban J connectivity index is 2.62. The smallest absolute Gasteiger partial charge is 0.253 e. The fourth-order valence-electron chi connectivity index (χ4n) is 1.06. The molecule has 1 rings (SSSR count). The Morgan fingerprint density at radius 1 is 1.54 bits per heavy atom. The van der Waals surface area contributed by atoms with Crippen LogP contribution >= 0.6 is 11.6 Å². The van der Waals surface area contributed by atoms with Gasteiger partial charge in [0.25, 0.3) is 5.56 Å². The van der Waals surface area contributed by atoms with Gasteiger partial charge in [0.15, 0.2) is 0 Å². The fraction of sp³-hybridized carbons (Fsp3) is 0.556. The Hall–Kier alpha value is -0.830. The van der Waals surface area contributed by atoms with Gasteiger partial charge in [0.05, 0.1) is 6.33 Å². The molecule has 0 saturated carbocycles. The van der Waals surface area contributed by atoms with Crippen LogP contribution in [-0.4, -0.2) is 15.4 Å². The average molecular weight is 201 g/mol. The highest BCUT2D eigenvalue weighted by molar-refractivity contribution is 6.17. The fourth-order valence-corrected chi connectivity index (χ4v) is 1.25. The standard InChI is InChI=1S/C9H13ClN2O/c1-8-6-9(13)12(7-11-8)5-3-2-4-10/h6-7H,2-5H2,1H3. The number of rotatable bonds is 4. The Morgan fingerprint density at radius 2 is 2.31 bits per heavy atom. The van der Waals surface area contributed by atoms with Crippen LogP contribution in [0.3, 0.4) is 0 Å². The van der Waals surface area contributed by atoms with Crippen LogP contribution in [0.15, 0.2) is 17.2 Å². The Kier molecular flexibility index (Phi) is 3.96. The first-order valence-corrected chi connectivity index (χ1v) is 4.86. The zero-order valence-corrected chi connectivity index (χ0v) is 8.42. The lowest BCUT2D eigenvalue weighted by Crippen LogP contribution is -2.20. The second-order valence-electron chi connectivity index (χ2n) is 2.96. The molecule has 1 aromatic heterocycles. The number of aromatic nitrogens is 2. The molecule has 0 N–H and O–H groups in total. The van der Waals surface area contributed by atoms with Gasteiger partial charge in [-0.25, -0.2) is 4.98 Å². The van der Waals surface area contributed by atoms with Crippen LogP contribution in [0.25, 0.3) is 0 Å².